The van der Waals surface area contributed by atoms with Gasteiger partial charge in [-0.3, -0.25) is 10.4 Å². The van der Waals surface area contributed by atoms with Gasteiger partial charge in [0, 0.05) is 12.5 Å². The van der Waals surface area contributed by atoms with E-state index in [1.54, 1.807) is 0 Å². The molecule has 0 aromatic carbocycles. The van der Waals surface area contributed by atoms with Crippen molar-refractivity contribution in [3.8, 4) is 0 Å². The lowest BCUT2D eigenvalue weighted by Crippen LogP contribution is -2.52. The van der Waals surface area contributed by atoms with Gasteiger partial charge in [-0.1, -0.05) is 0 Å². The fourth-order valence-electron chi connectivity index (χ4n) is 2.64. The number of rotatable bonds is 2. The van der Waals surface area contributed by atoms with Crippen molar-refractivity contribution in [2.45, 2.75) is 31.7 Å². The van der Waals surface area contributed by atoms with Crippen LogP contribution in [0.4, 0.5) is 0 Å². The van der Waals surface area contributed by atoms with Gasteiger partial charge in [0.25, 0.3) is 0 Å². The van der Waals surface area contributed by atoms with E-state index in [1.807, 2.05) is 6.34 Å². The van der Waals surface area contributed by atoms with E-state index >= 15 is 0 Å². The highest BCUT2D eigenvalue weighted by Crippen LogP contribution is 2.41. The lowest BCUT2D eigenvalue weighted by Gasteiger charge is -2.40. The summed E-state index contributed by atoms with van der Waals surface area (Å²) in [5.41, 5.74) is 4.52. The summed E-state index contributed by atoms with van der Waals surface area (Å²) in [6.45, 7) is 2.34. The molecule has 1 saturated heterocycles. The van der Waals surface area contributed by atoms with E-state index in [1.165, 1.54) is 37.9 Å². The Balaban J connectivity index is 1.76. The molecule has 0 aromatic heterocycles. The molecule has 5 heteroatoms. The first kappa shape index (κ1) is 11.5. The summed E-state index contributed by atoms with van der Waals surface area (Å²) in [4.78, 5) is 6.88. The standard InChI is InChI=1S/C12H19BrN4/c1-16-6-2-3-10(7-16)17-12(13)11(9-4-5-9)14-8-15-17/h8-10H,2-7H2,1H3,(H,14,15)/t10-/m1/s1. The van der Waals surface area contributed by atoms with Crippen molar-refractivity contribution in [2.75, 3.05) is 20.1 Å². The van der Waals surface area contributed by atoms with Crippen LogP contribution in [-0.4, -0.2) is 42.4 Å². The number of likely N-dealkylation sites (N-methyl/N-ethyl adjacent to an activating group) is 1. The number of halogens is 1. The molecule has 3 rings (SSSR count). The predicted octanol–water partition coefficient (Wildman–Crippen LogP) is 1.90. The first-order chi connectivity index (χ1) is 8.25. The number of allylic oxidation sites excluding steroid dienone is 1. The van der Waals surface area contributed by atoms with Crippen LogP contribution in [0.1, 0.15) is 25.7 Å². The highest BCUT2D eigenvalue weighted by atomic mass is 79.9. The molecule has 1 N–H and O–H groups in total. The Morgan fingerprint density at radius 3 is 2.94 bits per heavy atom. The Hall–Kier alpha value is -0.550. The maximum absolute atomic E-state index is 4.48. The van der Waals surface area contributed by atoms with Gasteiger partial charge in [-0.15, -0.1) is 0 Å². The fourth-order valence-corrected chi connectivity index (χ4v) is 3.46. The van der Waals surface area contributed by atoms with Crippen molar-refractivity contribution in [3.05, 3.63) is 10.3 Å². The van der Waals surface area contributed by atoms with Crippen LogP contribution in [0.3, 0.4) is 0 Å². The molecular formula is C12H19BrN4. The molecule has 2 aliphatic heterocycles. The molecule has 2 heterocycles. The fraction of sp³-hybridized carbons (Fsp3) is 0.750. The molecule has 2 fully saturated rings. The van der Waals surface area contributed by atoms with Gasteiger partial charge in [-0.25, -0.2) is 4.99 Å². The Bertz CT molecular complexity index is 362. The maximum Gasteiger partial charge on any atom is 0.122 e. The van der Waals surface area contributed by atoms with E-state index in [0.29, 0.717) is 12.0 Å². The van der Waals surface area contributed by atoms with Crippen LogP contribution < -0.4 is 5.43 Å². The Morgan fingerprint density at radius 1 is 1.41 bits per heavy atom. The number of piperidine rings is 1. The Morgan fingerprint density at radius 2 is 2.24 bits per heavy atom. The van der Waals surface area contributed by atoms with Crippen LogP contribution in [0.5, 0.6) is 0 Å². The molecule has 0 bridgehead atoms. The zero-order valence-electron chi connectivity index (χ0n) is 10.2. The van der Waals surface area contributed by atoms with E-state index in [-0.39, 0.29) is 0 Å². The average Bonchev–Trinajstić information content (AvgIpc) is 3.13. The number of nitrogens with zero attached hydrogens (tertiary/aromatic N) is 3. The molecule has 4 nitrogen and oxygen atoms in total. The minimum atomic E-state index is 0.545. The van der Waals surface area contributed by atoms with Crippen LogP contribution in [0, 0.1) is 5.92 Å². The van der Waals surface area contributed by atoms with Gasteiger partial charge in [0.1, 0.15) is 10.9 Å². The molecule has 1 saturated carbocycles. The summed E-state index contributed by atoms with van der Waals surface area (Å²) in [6, 6.07) is 0.545. The van der Waals surface area contributed by atoms with Gasteiger partial charge in [-0.05, 0) is 55.2 Å². The summed E-state index contributed by atoms with van der Waals surface area (Å²) >= 11 is 3.73. The number of hydrazine groups is 1. The molecule has 17 heavy (non-hydrogen) atoms. The zero-order valence-corrected chi connectivity index (χ0v) is 11.8. The lowest BCUT2D eigenvalue weighted by atomic mass is 10.1. The summed E-state index contributed by atoms with van der Waals surface area (Å²) in [6.07, 6.45) is 6.95. The third kappa shape index (κ3) is 2.36. The first-order valence-corrected chi connectivity index (χ1v) is 7.21. The molecule has 1 aliphatic carbocycles. The van der Waals surface area contributed by atoms with Crippen molar-refractivity contribution < 1.29 is 0 Å². The van der Waals surface area contributed by atoms with E-state index in [4.69, 9.17) is 0 Å². The van der Waals surface area contributed by atoms with Crippen LogP contribution in [-0.2, 0) is 0 Å². The molecule has 0 spiro atoms. The smallest absolute Gasteiger partial charge is 0.122 e. The third-order valence-electron chi connectivity index (χ3n) is 3.75. The predicted molar refractivity (Wildman–Crippen MR) is 72.7 cm³/mol. The van der Waals surface area contributed by atoms with Crippen molar-refractivity contribution in [2.24, 2.45) is 10.9 Å². The highest BCUT2D eigenvalue weighted by Gasteiger charge is 2.33. The minimum absolute atomic E-state index is 0.545. The maximum atomic E-state index is 4.48. The van der Waals surface area contributed by atoms with Crippen LogP contribution >= 0.6 is 15.9 Å². The lowest BCUT2D eigenvalue weighted by molar-refractivity contribution is 0.128. The van der Waals surface area contributed by atoms with Crippen molar-refractivity contribution in [1.82, 2.24) is 15.3 Å². The molecule has 3 aliphatic rings. The average molecular weight is 299 g/mol. The highest BCUT2D eigenvalue weighted by molar-refractivity contribution is 9.11. The number of aliphatic imine (C=N–C) groups is 1. The van der Waals surface area contributed by atoms with Gasteiger partial charge in [0.2, 0.25) is 0 Å². The van der Waals surface area contributed by atoms with Crippen molar-refractivity contribution in [1.29, 1.82) is 0 Å². The number of nitrogens with one attached hydrogen (secondary N) is 1. The summed E-state index contributed by atoms with van der Waals surface area (Å²) < 4.78 is 1.16. The van der Waals surface area contributed by atoms with E-state index in [0.717, 1.165) is 11.2 Å². The normalized spacial score (nSPS) is 30.7. The number of hydrogen-bond donors (Lipinski definition) is 1. The summed E-state index contributed by atoms with van der Waals surface area (Å²) in [5, 5.41) is 2.26. The Kier molecular flexibility index (Phi) is 3.13. The summed E-state index contributed by atoms with van der Waals surface area (Å²) in [7, 11) is 2.20. The monoisotopic (exact) mass is 298 g/mol. The number of hydrogen-bond acceptors (Lipinski definition) is 4. The van der Waals surface area contributed by atoms with E-state index in [9.17, 15) is 0 Å². The zero-order chi connectivity index (χ0) is 11.8. The van der Waals surface area contributed by atoms with Crippen LogP contribution in [0.25, 0.3) is 0 Å². The second-order valence-corrected chi connectivity index (χ2v) is 6.02. The quantitative estimate of drug-likeness (QED) is 0.790. The van der Waals surface area contributed by atoms with Crippen LogP contribution in [0.15, 0.2) is 15.3 Å². The Labute approximate surface area is 111 Å². The topological polar surface area (TPSA) is 30.9 Å². The van der Waals surface area contributed by atoms with Gasteiger partial charge in [0.15, 0.2) is 0 Å². The molecule has 0 aromatic rings. The first-order valence-electron chi connectivity index (χ1n) is 6.42. The molecular weight excluding hydrogens is 280 g/mol. The van der Waals surface area contributed by atoms with E-state index < -0.39 is 0 Å². The third-order valence-corrected chi connectivity index (χ3v) is 4.54. The van der Waals surface area contributed by atoms with E-state index in [2.05, 4.69) is 43.3 Å². The molecule has 1 atom stereocenters. The molecule has 0 radical (unpaired) electrons. The SMILES string of the molecule is CN1CCC[C@@H](N2NC=NC(C3CC3)=C2Br)C1. The van der Waals surface area contributed by atoms with Gasteiger partial charge < -0.3 is 4.90 Å². The largest absolute Gasteiger partial charge is 0.304 e. The summed E-state index contributed by atoms with van der Waals surface area (Å²) in [5.74, 6) is 0.687. The molecule has 0 amide bonds. The minimum Gasteiger partial charge on any atom is -0.304 e. The van der Waals surface area contributed by atoms with Crippen LogP contribution in [0.2, 0.25) is 0 Å². The second-order valence-electron chi connectivity index (χ2n) is 5.27. The van der Waals surface area contributed by atoms with Gasteiger partial charge in [-0.2, -0.15) is 0 Å². The molecule has 94 valence electrons. The second kappa shape index (κ2) is 4.61. The van der Waals surface area contributed by atoms with Gasteiger partial charge >= 0.3 is 0 Å². The van der Waals surface area contributed by atoms with Crippen molar-refractivity contribution >= 4 is 22.3 Å². The number of likely N-dealkylation sites (tertiary alicyclic amines) is 1. The molecule has 0 unspecified atom stereocenters. The van der Waals surface area contributed by atoms with Gasteiger partial charge in [0.05, 0.1) is 11.7 Å². The van der Waals surface area contributed by atoms with Crippen molar-refractivity contribution in [3.63, 3.8) is 0 Å².